The van der Waals surface area contributed by atoms with Gasteiger partial charge in [-0.2, -0.15) is 0 Å². The van der Waals surface area contributed by atoms with Crippen molar-refractivity contribution in [1.29, 1.82) is 0 Å². The number of rotatable bonds is 6. The zero-order valence-corrected chi connectivity index (χ0v) is 18.5. The minimum absolute atomic E-state index is 0.201. The van der Waals surface area contributed by atoms with E-state index < -0.39 is 23.8 Å². The molecule has 0 bridgehead atoms. The Kier molecular flexibility index (Phi) is 6.45. The topological polar surface area (TPSA) is 90.9 Å². The smallest absolute Gasteiger partial charge is 0.341 e. The summed E-state index contributed by atoms with van der Waals surface area (Å²) in [5.74, 6) is -1.27. The summed E-state index contributed by atoms with van der Waals surface area (Å²) in [4.78, 5) is 38.0. The molecular formula is C22H25NO6S. The minimum Gasteiger partial charge on any atom is -0.483 e. The van der Waals surface area contributed by atoms with Crippen molar-refractivity contribution in [3.05, 3.63) is 44.8 Å². The normalized spacial score (nSPS) is 14.8. The maximum atomic E-state index is 12.6. The van der Waals surface area contributed by atoms with Gasteiger partial charge in [0.15, 0.2) is 6.61 Å². The fourth-order valence-corrected chi connectivity index (χ4v) is 4.97. The van der Waals surface area contributed by atoms with Crippen LogP contribution in [0.4, 0.5) is 5.00 Å². The molecule has 30 heavy (non-hydrogen) atoms. The zero-order valence-electron chi connectivity index (χ0n) is 17.7. The van der Waals surface area contributed by atoms with Gasteiger partial charge >= 0.3 is 11.9 Å². The molecule has 1 amide bonds. The van der Waals surface area contributed by atoms with Crippen LogP contribution < -0.4 is 10.1 Å². The van der Waals surface area contributed by atoms with Gasteiger partial charge in [-0.05, 0) is 61.9 Å². The summed E-state index contributed by atoms with van der Waals surface area (Å²) in [7, 11) is 2.59. The second-order valence-electron chi connectivity index (χ2n) is 7.29. The van der Waals surface area contributed by atoms with Crippen LogP contribution in [-0.4, -0.2) is 38.7 Å². The quantitative estimate of drug-likeness (QED) is 0.702. The number of nitrogens with one attached hydrogen (secondary N) is 1. The first kappa shape index (κ1) is 21.8. The highest BCUT2D eigenvalue weighted by Gasteiger charge is 2.38. The van der Waals surface area contributed by atoms with E-state index in [0.717, 1.165) is 21.6 Å². The third-order valence-electron chi connectivity index (χ3n) is 5.28. The molecule has 1 unspecified atom stereocenters. The Morgan fingerprint density at radius 3 is 2.53 bits per heavy atom. The van der Waals surface area contributed by atoms with E-state index in [1.165, 1.54) is 25.6 Å². The Balaban J connectivity index is 1.81. The maximum Gasteiger partial charge on any atom is 0.341 e. The van der Waals surface area contributed by atoms with Crippen molar-refractivity contribution in [2.75, 3.05) is 26.1 Å². The van der Waals surface area contributed by atoms with Crippen molar-refractivity contribution >= 4 is 34.2 Å². The van der Waals surface area contributed by atoms with Crippen LogP contribution in [0.3, 0.4) is 0 Å². The number of fused-ring (bicyclic) bond motifs is 1. The molecule has 1 N–H and O–H groups in total. The van der Waals surface area contributed by atoms with E-state index in [0.29, 0.717) is 29.2 Å². The molecule has 3 rings (SSSR count). The van der Waals surface area contributed by atoms with Crippen molar-refractivity contribution in [1.82, 2.24) is 0 Å². The Bertz CT molecular complexity index is 1010. The highest BCUT2D eigenvalue weighted by atomic mass is 32.1. The summed E-state index contributed by atoms with van der Waals surface area (Å²) in [5, 5.41) is 3.12. The summed E-state index contributed by atoms with van der Waals surface area (Å²) in [6.07, 6.45) is 1.21. The summed E-state index contributed by atoms with van der Waals surface area (Å²) in [6.45, 7) is 5.69. The Hall–Kier alpha value is -2.87. The Morgan fingerprint density at radius 2 is 1.87 bits per heavy atom. The largest absolute Gasteiger partial charge is 0.483 e. The summed E-state index contributed by atoms with van der Waals surface area (Å²) >= 11 is 1.29. The molecule has 0 radical (unpaired) electrons. The van der Waals surface area contributed by atoms with Gasteiger partial charge in [-0.25, -0.2) is 4.79 Å². The lowest BCUT2D eigenvalue weighted by molar-refractivity contribution is -0.142. The van der Waals surface area contributed by atoms with Crippen molar-refractivity contribution < 1.29 is 28.6 Å². The number of hydrogen-bond donors (Lipinski definition) is 1. The number of benzene rings is 1. The predicted molar refractivity (Wildman–Crippen MR) is 114 cm³/mol. The molecule has 1 atom stereocenters. The number of ether oxygens (including phenoxy) is 3. The van der Waals surface area contributed by atoms with Crippen LogP contribution in [0.2, 0.25) is 0 Å². The molecule has 1 aliphatic rings. The number of aryl methyl sites for hydroxylation is 3. The molecule has 8 heteroatoms. The molecule has 0 saturated heterocycles. The lowest BCUT2D eigenvalue weighted by Gasteiger charge is -2.13. The van der Waals surface area contributed by atoms with E-state index in [2.05, 4.69) is 11.4 Å². The van der Waals surface area contributed by atoms with E-state index in [9.17, 15) is 14.4 Å². The summed E-state index contributed by atoms with van der Waals surface area (Å²) < 4.78 is 15.5. The third kappa shape index (κ3) is 4.18. The number of thiophene rings is 1. The highest BCUT2D eigenvalue weighted by Crippen LogP contribution is 2.45. The van der Waals surface area contributed by atoms with E-state index in [4.69, 9.17) is 14.2 Å². The lowest BCUT2D eigenvalue weighted by Crippen LogP contribution is -2.22. The number of methoxy groups -OCH3 is 2. The summed E-state index contributed by atoms with van der Waals surface area (Å²) in [6, 6.07) is 3.94. The van der Waals surface area contributed by atoms with Gasteiger partial charge in [-0.15, -0.1) is 11.3 Å². The Morgan fingerprint density at radius 1 is 1.13 bits per heavy atom. The van der Waals surface area contributed by atoms with Gasteiger partial charge in [-0.3, -0.25) is 9.59 Å². The molecule has 160 valence electrons. The average molecular weight is 432 g/mol. The van der Waals surface area contributed by atoms with Gasteiger partial charge in [-0.1, -0.05) is 6.07 Å². The third-order valence-corrected chi connectivity index (χ3v) is 6.46. The molecule has 0 spiro atoms. The van der Waals surface area contributed by atoms with E-state index >= 15 is 0 Å². The molecular weight excluding hydrogens is 406 g/mol. The van der Waals surface area contributed by atoms with E-state index in [1.54, 1.807) is 0 Å². The predicted octanol–water partition coefficient (Wildman–Crippen LogP) is 3.68. The first-order valence-corrected chi connectivity index (χ1v) is 10.4. The van der Waals surface area contributed by atoms with Gasteiger partial charge < -0.3 is 19.5 Å². The molecule has 1 heterocycles. The fourth-order valence-electron chi connectivity index (χ4n) is 3.69. The maximum absolute atomic E-state index is 12.6. The molecule has 2 aromatic rings. The van der Waals surface area contributed by atoms with Gasteiger partial charge in [0, 0.05) is 4.88 Å². The number of esters is 2. The number of carbonyl (C=O) groups excluding carboxylic acids is 3. The van der Waals surface area contributed by atoms with Crippen molar-refractivity contribution in [3.8, 4) is 5.75 Å². The van der Waals surface area contributed by atoms with Gasteiger partial charge in [0.1, 0.15) is 10.8 Å². The summed E-state index contributed by atoms with van der Waals surface area (Å²) in [5.41, 5.74) is 3.92. The molecule has 0 saturated carbocycles. The average Bonchev–Trinajstić information content (AvgIpc) is 3.27. The van der Waals surface area contributed by atoms with Crippen molar-refractivity contribution in [2.45, 2.75) is 39.5 Å². The number of hydrogen-bond acceptors (Lipinski definition) is 7. The zero-order chi connectivity index (χ0) is 22.0. The van der Waals surface area contributed by atoms with Gasteiger partial charge in [0.05, 0.1) is 25.7 Å². The highest BCUT2D eigenvalue weighted by molar-refractivity contribution is 7.17. The minimum atomic E-state index is -0.593. The van der Waals surface area contributed by atoms with Crippen LogP contribution in [-0.2, 0) is 25.5 Å². The first-order valence-electron chi connectivity index (χ1n) is 9.59. The number of anilines is 1. The van der Waals surface area contributed by atoms with E-state index in [1.807, 2.05) is 26.8 Å². The molecule has 0 fully saturated rings. The fraction of sp³-hybridized carbons (Fsp3) is 0.409. The van der Waals surface area contributed by atoms with Gasteiger partial charge in [0.2, 0.25) is 0 Å². The second kappa shape index (κ2) is 8.87. The van der Waals surface area contributed by atoms with Crippen LogP contribution in [0.5, 0.6) is 5.75 Å². The SMILES string of the molecule is COC(=O)c1c(NC(=O)COc2cc(C)cc(C)c2C)sc2c1C(C(=O)OC)CC2. The van der Waals surface area contributed by atoms with Crippen LogP contribution in [0.1, 0.15) is 49.8 Å². The van der Waals surface area contributed by atoms with Crippen molar-refractivity contribution in [3.63, 3.8) is 0 Å². The number of carbonyl (C=O) groups is 3. The molecule has 1 aromatic heterocycles. The molecule has 1 aromatic carbocycles. The van der Waals surface area contributed by atoms with Gasteiger partial charge in [0.25, 0.3) is 5.91 Å². The Labute approximate surface area is 179 Å². The van der Waals surface area contributed by atoms with E-state index in [-0.39, 0.29) is 12.2 Å². The van der Waals surface area contributed by atoms with Crippen LogP contribution in [0.15, 0.2) is 12.1 Å². The first-order chi connectivity index (χ1) is 14.3. The second-order valence-corrected chi connectivity index (χ2v) is 8.40. The standard InChI is InChI=1S/C22H25NO6S/c1-11-8-12(2)13(3)15(9-11)29-10-17(24)23-20-19(22(26)28-5)18-14(21(25)27-4)6-7-16(18)30-20/h8-9,14H,6-7,10H2,1-5H3,(H,23,24). The molecule has 1 aliphatic carbocycles. The van der Waals surface area contributed by atoms with Crippen LogP contribution in [0.25, 0.3) is 0 Å². The van der Waals surface area contributed by atoms with Crippen LogP contribution in [0, 0.1) is 20.8 Å². The number of amides is 1. The lowest BCUT2D eigenvalue weighted by atomic mass is 9.99. The monoisotopic (exact) mass is 431 g/mol. The van der Waals surface area contributed by atoms with Crippen LogP contribution >= 0.6 is 11.3 Å². The van der Waals surface area contributed by atoms with Crippen molar-refractivity contribution in [2.24, 2.45) is 0 Å². The molecule has 7 nitrogen and oxygen atoms in total. The molecule has 0 aliphatic heterocycles.